The molecule has 0 aliphatic rings. The van der Waals surface area contributed by atoms with E-state index < -0.39 is 12.0 Å². The van der Waals surface area contributed by atoms with E-state index in [2.05, 4.69) is 10.1 Å². The summed E-state index contributed by atoms with van der Waals surface area (Å²) in [5.74, 6) is -0.477. The molecule has 0 aromatic heterocycles. The molecule has 6 nitrogen and oxygen atoms in total. The van der Waals surface area contributed by atoms with Crippen molar-refractivity contribution in [1.29, 1.82) is 0 Å². The van der Waals surface area contributed by atoms with Crippen LogP contribution in [0.3, 0.4) is 0 Å². The molecule has 19 heavy (non-hydrogen) atoms. The number of hydrogen-bond acceptors (Lipinski definition) is 5. The van der Waals surface area contributed by atoms with Gasteiger partial charge in [-0.25, -0.2) is 4.79 Å². The number of ether oxygens (including phenoxy) is 2. The highest BCUT2D eigenvalue weighted by Gasteiger charge is 2.21. The standard InChI is InChI=1S/C13H17NO5/c1-9(16)14-11(13(17)18-2)8-19-12-6-4-3-5-10(12)7-15/h3-6,11,15H,7-8H2,1-2H3,(H,14,16). The van der Waals surface area contributed by atoms with Gasteiger partial charge in [-0.1, -0.05) is 18.2 Å². The second kappa shape index (κ2) is 7.38. The highest BCUT2D eigenvalue weighted by atomic mass is 16.5. The van der Waals surface area contributed by atoms with E-state index in [1.54, 1.807) is 24.3 Å². The van der Waals surface area contributed by atoms with Gasteiger partial charge < -0.3 is 19.9 Å². The Labute approximate surface area is 111 Å². The molecule has 2 N–H and O–H groups in total. The zero-order valence-electron chi connectivity index (χ0n) is 10.9. The van der Waals surface area contributed by atoms with Crippen molar-refractivity contribution in [3.8, 4) is 5.75 Å². The first-order valence-electron chi connectivity index (χ1n) is 5.75. The summed E-state index contributed by atoms with van der Waals surface area (Å²) in [5, 5.41) is 11.6. The first-order valence-corrected chi connectivity index (χ1v) is 5.75. The van der Waals surface area contributed by atoms with Gasteiger partial charge in [-0.15, -0.1) is 0 Å². The van der Waals surface area contributed by atoms with Gasteiger partial charge in [0.1, 0.15) is 12.4 Å². The van der Waals surface area contributed by atoms with E-state index in [0.717, 1.165) is 0 Å². The van der Waals surface area contributed by atoms with Crippen LogP contribution in [-0.4, -0.2) is 36.7 Å². The third-order valence-corrected chi connectivity index (χ3v) is 2.41. The Hall–Kier alpha value is -2.08. The number of para-hydroxylation sites is 1. The number of aliphatic hydroxyl groups is 1. The van der Waals surface area contributed by atoms with E-state index in [1.807, 2.05) is 0 Å². The van der Waals surface area contributed by atoms with Crippen LogP contribution in [-0.2, 0) is 20.9 Å². The van der Waals surface area contributed by atoms with E-state index in [4.69, 9.17) is 9.84 Å². The fourth-order valence-corrected chi connectivity index (χ4v) is 1.50. The fraction of sp³-hybridized carbons (Fsp3) is 0.385. The molecule has 0 spiro atoms. The van der Waals surface area contributed by atoms with Crippen LogP contribution in [0.2, 0.25) is 0 Å². The zero-order valence-corrected chi connectivity index (χ0v) is 10.9. The fourth-order valence-electron chi connectivity index (χ4n) is 1.50. The molecule has 0 saturated heterocycles. The lowest BCUT2D eigenvalue weighted by Gasteiger charge is -2.17. The Kier molecular flexibility index (Phi) is 5.81. The Bertz CT molecular complexity index is 446. The smallest absolute Gasteiger partial charge is 0.331 e. The van der Waals surface area contributed by atoms with Crippen molar-refractivity contribution in [2.24, 2.45) is 0 Å². The number of hydrogen-bond donors (Lipinski definition) is 2. The maximum Gasteiger partial charge on any atom is 0.331 e. The number of esters is 1. The van der Waals surface area contributed by atoms with Crippen molar-refractivity contribution in [3.63, 3.8) is 0 Å². The summed E-state index contributed by atoms with van der Waals surface area (Å²) < 4.78 is 10.0. The Balaban J connectivity index is 2.70. The number of rotatable bonds is 6. The summed E-state index contributed by atoms with van der Waals surface area (Å²) in [6, 6.07) is 6.02. The molecule has 0 bridgehead atoms. The molecular weight excluding hydrogens is 250 g/mol. The monoisotopic (exact) mass is 267 g/mol. The van der Waals surface area contributed by atoms with Crippen molar-refractivity contribution < 1.29 is 24.2 Å². The molecule has 0 aliphatic heterocycles. The zero-order chi connectivity index (χ0) is 14.3. The van der Waals surface area contributed by atoms with Crippen LogP contribution in [0.15, 0.2) is 24.3 Å². The van der Waals surface area contributed by atoms with Crippen LogP contribution in [0.25, 0.3) is 0 Å². The van der Waals surface area contributed by atoms with Crippen LogP contribution in [0, 0.1) is 0 Å². The number of amides is 1. The van der Waals surface area contributed by atoms with Gasteiger partial charge in [0.2, 0.25) is 5.91 Å². The van der Waals surface area contributed by atoms with E-state index in [1.165, 1.54) is 14.0 Å². The van der Waals surface area contributed by atoms with Gasteiger partial charge in [0.25, 0.3) is 0 Å². The van der Waals surface area contributed by atoms with E-state index in [-0.39, 0.29) is 19.1 Å². The van der Waals surface area contributed by atoms with Gasteiger partial charge in [-0.3, -0.25) is 4.79 Å². The van der Waals surface area contributed by atoms with E-state index in [0.29, 0.717) is 11.3 Å². The summed E-state index contributed by atoms with van der Waals surface area (Å²) >= 11 is 0. The lowest BCUT2D eigenvalue weighted by Crippen LogP contribution is -2.44. The second-order valence-electron chi connectivity index (χ2n) is 3.85. The highest BCUT2D eigenvalue weighted by Crippen LogP contribution is 2.17. The van der Waals surface area contributed by atoms with Gasteiger partial charge in [0.15, 0.2) is 6.04 Å². The minimum absolute atomic E-state index is 0.0662. The van der Waals surface area contributed by atoms with E-state index in [9.17, 15) is 9.59 Å². The molecule has 0 fully saturated rings. The molecule has 1 aromatic rings. The number of carbonyl (C=O) groups is 2. The predicted molar refractivity (Wildman–Crippen MR) is 67.5 cm³/mol. The molecule has 0 saturated carbocycles. The third-order valence-electron chi connectivity index (χ3n) is 2.41. The number of methoxy groups -OCH3 is 1. The van der Waals surface area contributed by atoms with E-state index >= 15 is 0 Å². The summed E-state index contributed by atoms with van der Waals surface area (Å²) in [4.78, 5) is 22.5. The van der Waals surface area contributed by atoms with Gasteiger partial charge in [-0.05, 0) is 6.07 Å². The van der Waals surface area contributed by atoms with Crippen LogP contribution in [0.4, 0.5) is 0 Å². The quantitative estimate of drug-likeness (QED) is 0.721. The SMILES string of the molecule is COC(=O)C(COc1ccccc1CO)NC(C)=O. The Morgan fingerprint density at radius 3 is 2.63 bits per heavy atom. The van der Waals surface area contributed by atoms with Gasteiger partial charge in [0.05, 0.1) is 13.7 Å². The van der Waals surface area contributed by atoms with Crippen LogP contribution in [0.1, 0.15) is 12.5 Å². The summed E-state index contributed by atoms with van der Waals surface area (Å²) in [6.07, 6.45) is 0. The number of nitrogens with one attached hydrogen (secondary N) is 1. The summed E-state index contributed by atoms with van der Waals surface area (Å²) in [5.41, 5.74) is 0.606. The average Bonchev–Trinajstić information content (AvgIpc) is 2.42. The van der Waals surface area contributed by atoms with Crippen LogP contribution < -0.4 is 10.1 Å². The molecule has 1 amide bonds. The normalized spacial score (nSPS) is 11.5. The number of carbonyl (C=O) groups excluding carboxylic acids is 2. The predicted octanol–water partition coefficient (Wildman–Crippen LogP) is 0.235. The molecule has 104 valence electrons. The molecule has 1 aromatic carbocycles. The highest BCUT2D eigenvalue weighted by molar-refractivity contribution is 5.83. The minimum Gasteiger partial charge on any atom is -0.490 e. The lowest BCUT2D eigenvalue weighted by atomic mass is 10.2. The molecule has 0 aliphatic carbocycles. The Morgan fingerprint density at radius 2 is 2.05 bits per heavy atom. The van der Waals surface area contributed by atoms with Crippen molar-refractivity contribution in [2.45, 2.75) is 19.6 Å². The maximum atomic E-state index is 11.5. The van der Waals surface area contributed by atoms with Crippen molar-refractivity contribution in [2.75, 3.05) is 13.7 Å². The lowest BCUT2D eigenvalue weighted by molar-refractivity contribution is -0.145. The van der Waals surface area contributed by atoms with Gasteiger partial charge in [-0.2, -0.15) is 0 Å². The number of aliphatic hydroxyl groups excluding tert-OH is 1. The van der Waals surface area contributed by atoms with Gasteiger partial charge in [0, 0.05) is 12.5 Å². The van der Waals surface area contributed by atoms with Crippen molar-refractivity contribution >= 4 is 11.9 Å². The molecule has 0 heterocycles. The largest absolute Gasteiger partial charge is 0.490 e. The van der Waals surface area contributed by atoms with Crippen molar-refractivity contribution in [1.82, 2.24) is 5.32 Å². The molecule has 1 unspecified atom stereocenters. The minimum atomic E-state index is -0.880. The molecular formula is C13H17NO5. The summed E-state index contributed by atoms with van der Waals surface area (Å²) in [6.45, 7) is 1.07. The topological polar surface area (TPSA) is 84.9 Å². The second-order valence-corrected chi connectivity index (χ2v) is 3.85. The third kappa shape index (κ3) is 4.59. The summed E-state index contributed by atoms with van der Waals surface area (Å²) in [7, 11) is 1.23. The Morgan fingerprint density at radius 1 is 1.37 bits per heavy atom. The molecule has 1 rings (SSSR count). The molecule has 0 radical (unpaired) electrons. The number of benzene rings is 1. The first-order chi connectivity index (χ1) is 9.08. The molecule has 1 atom stereocenters. The average molecular weight is 267 g/mol. The van der Waals surface area contributed by atoms with Crippen LogP contribution >= 0.6 is 0 Å². The maximum absolute atomic E-state index is 11.5. The molecule has 6 heteroatoms. The van der Waals surface area contributed by atoms with Gasteiger partial charge >= 0.3 is 5.97 Å². The van der Waals surface area contributed by atoms with Crippen LogP contribution in [0.5, 0.6) is 5.75 Å². The van der Waals surface area contributed by atoms with Crippen molar-refractivity contribution in [3.05, 3.63) is 29.8 Å². The first kappa shape index (κ1) is 15.0.